The highest BCUT2D eigenvalue weighted by Crippen LogP contribution is 2.52. The highest BCUT2D eigenvalue weighted by atomic mass is 16.3. The summed E-state index contributed by atoms with van der Waals surface area (Å²) in [6.07, 6.45) is 0.620. The fourth-order valence-corrected chi connectivity index (χ4v) is 5.38. The Bertz CT molecular complexity index is 1160. The maximum atomic E-state index is 13.6. The smallest absolute Gasteiger partial charge is 0.255 e. The van der Waals surface area contributed by atoms with Gasteiger partial charge in [0.15, 0.2) is 11.4 Å². The summed E-state index contributed by atoms with van der Waals surface area (Å²) in [5.74, 6) is -7.19. The van der Waals surface area contributed by atoms with Crippen LogP contribution in [0.2, 0.25) is 0 Å². The zero-order valence-electron chi connectivity index (χ0n) is 17.3. The first kappa shape index (κ1) is 21.7. The molecule has 6 N–H and O–H groups in total. The van der Waals surface area contributed by atoms with E-state index in [1.807, 2.05) is 0 Å². The number of aliphatic hydroxyl groups excluding tert-OH is 2. The lowest BCUT2D eigenvalue weighted by molar-refractivity contribution is -0.153. The first-order chi connectivity index (χ1) is 15.0. The minimum Gasteiger partial charge on any atom is -0.508 e. The number of fused-ring (bicyclic) bond motifs is 3. The van der Waals surface area contributed by atoms with E-state index >= 15 is 0 Å². The van der Waals surface area contributed by atoms with Crippen molar-refractivity contribution >= 4 is 29.5 Å². The molecule has 1 amide bonds. The van der Waals surface area contributed by atoms with Gasteiger partial charge in [-0.15, -0.1) is 0 Å². The van der Waals surface area contributed by atoms with Crippen LogP contribution in [0.25, 0.3) is 5.76 Å². The number of ketones is 2. The Morgan fingerprint density at radius 2 is 1.88 bits per heavy atom. The highest BCUT2D eigenvalue weighted by molar-refractivity contribution is 6.24. The second-order valence-electron chi connectivity index (χ2n) is 8.61. The van der Waals surface area contributed by atoms with Crippen LogP contribution < -0.4 is 5.73 Å². The number of carbonyl (C=O) groups excluding carboxylic acids is 4. The average molecular weight is 442 g/mol. The zero-order chi connectivity index (χ0) is 23.7. The van der Waals surface area contributed by atoms with Crippen molar-refractivity contribution in [3.05, 3.63) is 45.7 Å². The van der Waals surface area contributed by atoms with Gasteiger partial charge in [-0.2, -0.15) is 0 Å². The molecule has 1 fully saturated rings. The molecule has 3 aliphatic carbocycles. The molecular formula is C22H22N2O8. The number of Topliss-reactive ketones (excluding diaryl/α,β-unsaturated/α-hetero) is 2. The van der Waals surface area contributed by atoms with E-state index in [0.29, 0.717) is 11.8 Å². The number of nitrogens with zero attached hydrogens (tertiary/aromatic N) is 1. The summed E-state index contributed by atoms with van der Waals surface area (Å²) in [6, 6.07) is 1.44. The van der Waals surface area contributed by atoms with E-state index in [9.17, 15) is 39.6 Å². The van der Waals surface area contributed by atoms with E-state index in [2.05, 4.69) is 0 Å². The standard InChI is InChI=1S/C22H22N2O8/c1-24(2)16-11-6-9-5-10-8(7-25)3-4-12(26)14(10)17(27)13(9)19(29)22(11,32)20(30)15(18(16)28)21(23)31/h3-4,7,9,11,16,26-27,30,32H,5-6H2,1-2H3,(H2,23,31)/t9?,11?,16-,22-/m0/s1. The first-order valence-corrected chi connectivity index (χ1v) is 9.91. The number of primary amides is 1. The number of phenols is 1. The van der Waals surface area contributed by atoms with E-state index in [0.717, 1.165) is 0 Å². The largest absolute Gasteiger partial charge is 0.508 e. The summed E-state index contributed by atoms with van der Waals surface area (Å²) in [5, 5.41) is 43.4. The van der Waals surface area contributed by atoms with Crippen molar-refractivity contribution in [2.45, 2.75) is 24.5 Å². The van der Waals surface area contributed by atoms with Crippen molar-refractivity contribution in [1.29, 1.82) is 0 Å². The van der Waals surface area contributed by atoms with Crippen LogP contribution in [-0.4, -0.2) is 74.8 Å². The first-order valence-electron chi connectivity index (χ1n) is 9.91. The van der Waals surface area contributed by atoms with Gasteiger partial charge in [0.2, 0.25) is 5.78 Å². The van der Waals surface area contributed by atoms with Crippen molar-refractivity contribution in [3.63, 3.8) is 0 Å². The number of phenolic OH excluding ortho intramolecular Hbond substituents is 1. The van der Waals surface area contributed by atoms with Gasteiger partial charge in [-0.05, 0) is 50.6 Å². The molecule has 32 heavy (non-hydrogen) atoms. The molecule has 0 bridgehead atoms. The number of carbonyl (C=O) groups is 4. The maximum absolute atomic E-state index is 13.6. The lowest BCUT2D eigenvalue weighted by atomic mass is 9.57. The summed E-state index contributed by atoms with van der Waals surface area (Å²) >= 11 is 0. The molecule has 168 valence electrons. The molecule has 1 aromatic carbocycles. The Kier molecular flexibility index (Phi) is 4.76. The van der Waals surface area contributed by atoms with Crippen molar-refractivity contribution in [2.75, 3.05) is 14.1 Å². The fraction of sp³-hybridized carbons (Fsp3) is 0.364. The molecule has 4 atom stereocenters. The van der Waals surface area contributed by atoms with E-state index in [1.54, 1.807) is 0 Å². The Morgan fingerprint density at radius 1 is 1.22 bits per heavy atom. The van der Waals surface area contributed by atoms with Crippen molar-refractivity contribution < 1.29 is 39.6 Å². The van der Waals surface area contributed by atoms with Crippen molar-refractivity contribution in [2.24, 2.45) is 17.6 Å². The molecule has 1 saturated carbocycles. The van der Waals surface area contributed by atoms with E-state index in [-0.39, 0.29) is 35.3 Å². The zero-order valence-corrected chi connectivity index (χ0v) is 17.3. The second kappa shape index (κ2) is 7.01. The van der Waals surface area contributed by atoms with Gasteiger partial charge in [-0.25, -0.2) is 0 Å². The fourth-order valence-electron chi connectivity index (χ4n) is 5.38. The molecule has 1 aromatic rings. The normalized spacial score (nSPS) is 29.6. The number of benzene rings is 1. The van der Waals surface area contributed by atoms with Crippen LogP contribution in [0.4, 0.5) is 0 Å². The number of likely N-dealkylation sites (N-methyl/N-ethyl adjacent to an activating group) is 1. The van der Waals surface area contributed by atoms with Crippen LogP contribution in [0.1, 0.15) is 27.9 Å². The summed E-state index contributed by atoms with van der Waals surface area (Å²) in [6.45, 7) is 0. The van der Waals surface area contributed by atoms with E-state index in [1.165, 1.54) is 31.1 Å². The van der Waals surface area contributed by atoms with Gasteiger partial charge in [0.1, 0.15) is 29.1 Å². The van der Waals surface area contributed by atoms with E-state index < -0.39 is 58.0 Å². The maximum Gasteiger partial charge on any atom is 0.255 e. The third-order valence-electron chi connectivity index (χ3n) is 6.77. The van der Waals surface area contributed by atoms with Gasteiger partial charge in [0.05, 0.1) is 11.6 Å². The van der Waals surface area contributed by atoms with Crippen molar-refractivity contribution in [1.82, 2.24) is 4.90 Å². The molecule has 0 radical (unpaired) electrons. The third kappa shape index (κ3) is 2.59. The lowest BCUT2D eigenvalue weighted by Gasteiger charge is -2.50. The molecule has 0 aliphatic heterocycles. The molecule has 0 heterocycles. The quantitative estimate of drug-likeness (QED) is 0.312. The van der Waals surface area contributed by atoms with E-state index in [4.69, 9.17) is 5.73 Å². The van der Waals surface area contributed by atoms with Crippen LogP contribution in [0.15, 0.2) is 29.0 Å². The number of hydrogen-bond acceptors (Lipinski definition) is 9. The minimum atomic E-state index is -2.68. The van der Waals surface area contributed by atoms with Crippen LogP contribution in [0.5, 0.6) is 5.75 Å². The number of rotatable bonds is 3. The molecular weight excluding hydrogens is 420 g/mol. The Labute approximate surface area is 182 Å². The minimum absolute atomic E-state index is 0.0281. The highest BCUT2D eigenvalue weighted by Gasteiger charge is 2.64. The average Bonchev–Trinajstić information content (AvgIpc) is 2.70. The second-order valence-corrected chi connectivity index (χ2v) is 8.61. The van der Waals surface area contributed by atoms with Crippen molar-refractivity contribution in [3.8, 4) is 5.75 Å². The predicted molar refractivity (Wildman–Crippen MR) is 110 cm³/mol. The molecule has 4 rings (SSSR count). The topological polar surface area (TPSA) is 178 Å². The Morgan fingerprint density at radius 3 is 2.44 bits per heavy atom. The number of nitrogens with two attached hydrogens (primary N) is 1. The van der Waals surface area contributed by atoms with Gasteiger partial charge in [-0.1, -0.05) is 0 Å². The Balaban J connectivity index is 2.00. The number of amides is 1. The molecule has 10 nitrogen and oxygen atoms in total. The molecule has 10 heteroatoms. The van der Waals surface area contributed by atoms with Crippen LogP contribution in [0, 0.1) is 11.8 Å². The number of hydrogen-bond donors (Lipinski definition) is 5. The summed E-state index contributed by atoms with van der Waals surface area (Å²) in [7, 11) is 3.05. The SMILES string of the molecule is CN(C)[C@@H]1C(=O)C(C(N)=O)=C(O)[C@@]2(O)C(=O)C3=C(O)c4c(O)ccc(C=O)c4CC3CC12. The number of aliphatic hydroxyl groups is 3. The van der Waals surface area contributed by atoms with Gasteiger partial charge in [0.25, 0.3) is 5.91 Å². The van der Waals surface area contributed by atoms with Crippen LogP contribution in [-0.2, 0) is 20.8 Å². The van der Waals surface area contributed by atoms with Crippen LogP contribution in [0.3, 0.4) is 0 Å². The van der Waals surface area contributed by atoms with Gasteiger partial charge < -0.3 is 26.2 Å². The lowest BCUT2D eigenvalue weighted by Crippen LogP contribution is -2.65. The summed E-state index contributed by atoms with van der Waals surface area (Å²) in [4.78, 5) is 51.4. The molecule has 0 aromatic heterocycles. The Hall–Kier alpha value is -3.50. The number of aromatic hydroxyl groups is 1. The predicted octanol–water partition coefficient (Wildman–Crippen LogP) is -0.223. The summed E-state index contributed by atoms with van der Waals surface area (Å²) in [5.41, 5.74) is 1.92. The third-order valence-corrected chi connectivity index (χ3v) is 6.77. The van der Waals surface area contributed by atoms with Crippen LogP contribution >= 0.6 is 0 Å². The molecule has 2 unspecified atom stereocenters. The molecule has 3 aliphatic rings. The summed E-state index contributed by atoms with van der Waals surface area (Å²) < 4.78 is 0. The molecule has 0 saturated heterocycles. The van der Waals surface area contributed by atoms with Gasteiger partial charge in [0, 0.05) is 17.1 Å². The monoisotopic (exact) mass is 442 g/mol. The van der Waals surface area contributed by atoms with Gasteiger partial charge >= 0.3 is 0 Å². The number of aldehydes is 1. The van der Waals surface area contributed by atoms with Gasteiger partial charge in [-0.3, -0.25) is 24.1 Å². The molecule has 0 spiro atoms.